The predicted octanol–water partition coefficient (Wildman–Crippen LogP) is 2.83. The Kier molecular flexibility index (Phi) is 4.90. The number of ether oxygens (including phenoxy) is 1. The third kappa shape index (κ3) is 3.18. The lowest BCUT2D eigenvalue weighted by atomic mass is 9.89. The summed E-state index contributed by atoms with van der Waals surface area (Å²) in [7, 11) is 3.39. The third-order valence-electron chi connectivity index (χ3n) is 5.26. The smallest absolute Gasteiger partial charge is 0.259 e. The van der Waals surface area contributed by atoms with Gasteiger partial charge in [0, 0.05) is 50.6 Å². The van der Waals surface area contributed by atoms with Gasteiger partial charge in [-0.1, -0.05) is 18.2 Å². The van der Waals surface area contributed by atoms with Crippen molar-refractivity contribution in [3.05, 3.63) is 53.6 Å². The first-order valence-corrected chi connectivity index (χ1v) is 8.55. The number of likely N-dealkylation sites (tertiary alicyclic amines) is 1. The monoisotopic (exact) mass is 345 g/mol. The molecule has 0 aliphatic carbocycles. The summed E-state index contributed by atoms with van der Waals surface area (Å²) in [6.07, 6.45) is 3.53. The molecule has 1 aromatic heterocycles. The van der Waals surface area contributed by atoms with E-state index in [1.165, 1.54) is 18.9 Å². The van der Waals surface area contributed by atoms with Crippen molar-refractivity contribution >= 4 is 5.91 Å². The van der Waals surface area contributed by atoms with Crippen molar-refractivity contribution in [1.82, 2.24) is 14.7 Å². The zero-order valence-corrected chi connectivity index (χ0v) is 14.9. The molecule has 0 unspecified atom stereocenters. The SMILES string of the molecule is CO[C@](C)(C(=O)N1CCC(c2ccnn2C)CC1)c1ccccc1F. The fourth-order valence-corrected chi connectivity index (χ4v) is 3.63. The highest BCUT2D eigenvalue weighted by atomic mass is 19.1. The molecule has 5 nitrogen and oxygen atoms in total. The van der Waals surface area contributed by atoms with Crippen molar-refractivity contribution in [3.8, 4) is 0 Å². The van der Waals surface area contributed by atoms with Gasteiger partial charge in [-0.3, -0.25) is 9.48 Å². The topological polar surface area (TPSA) is 47.4 Å². The number of aromatic nitrogens is 2. The Morgan fingerprint density at radius 1 is 1.28 bits per heavy atom. The number of aryl methyl sites for hydroxylation is 1. The van der Waals surface area contributed by atoms with Crippen LogP contribution in [0.25, 0.3) is 0 Å². The van der Waals surface area contributed by atoms with Gasteiger partial charge in [-0.15, -0.1) is 0 Å². The van der Waals surface area contributed by atoms with Crippen LogP contribution in [-0.4, -0.2) is 40.8 Å². The zero-order chi connectivity index (χ0) is 18.0. The van der Waals surface area contributed by atoms with Crippen molar-refractivity contribution < 1.29 is 13.9 Å². The van der Waals surface area contributed by atoms with Gasteiger partial charge in [-0.05, 0) is 31.9 Å². The van der Waals surface area contributed by atoms with Gasteiger partial charge < -0.3 is 9.64 Å². The lowest BCUT2D eigenvalue weighted by Gasteiger charge is -2.38. The molecule has 1 saturated heterocycles. The molecule has 0 saturated carbocycles. The normalized spacial score (nSPS) is 18.2. The van der Waals surface area contributed by atoms with E-state index >= 15 is 0 Å². The van der Waals surface area contributed by atoms with Gasteiger partial charge in [0.15, 0.2) is 5.60 Å². The molecule has 2 heterocycles. The molecule has 1 fully saturated rings. The van der Waals surface area contributed by atoms with E-state index in [1.54, 1.807) is 36.2 Å². The minimum absolute atomic E-state index is 0.191. The van der Waals surface area contributed by atoms with E-state index in [1.807, 2.05) is 17.8 Å². The predicted molar refractivity (Wildman–Crippen MR) is 92.5 cm³/mol. The van der Waals surface area contributed by atoms with Crippen LogP contribution < -0.4 is 0 Å². The van der Waals surface area contributed by atoms with Crippen LogP contribution in [0, 0.1) is 5.82 Å². The molecule has 0 bridgehead atoms. The molecule has 1 aliphatic heterocycles. The Balaban J connectivity index is 1.75. The number of rotatable bonds is 4. The molecule has 0 spiro atoms. The van der Waals surface area contributed by atoms with Crippen LogP contribution in [0.1, 0.15) is 36.9 Å². The van der Waals surface area contributed by atoms with Crippen LogP contribution in [0.3, 0.4) is 0 Å². The number of nitrogens with zero attached hydrogens (tertiary/aromatic N) is 3. The van der Waals surface area contributed by atoms with E-state index in [0.29, 0.717) is 19.0 Å². The van der Waals surface area contributed by atoms with Gasteiger partial charge in [0.2, 0.25) is 0 Å². The molecule has 3 rings (SSSR count). The highest BCUT2D eigenvalue weighted by Crippen LogP contribution is 2.33. The van der Waals surface area contributed by atoms with Crippen LogP contribution in [0.4, 0.5) is 4.39 Å². The maximum Gasteiger partial charge on any atom is 0.259 e. The standard InChI is InChI=1S/C19H24FN3O2/c1-19(25-3,15-6-4-5-7-16(15)20)18(24)23-12-9-14(10-13-23)17-8-11-21-22(17)2/h4-8,11,14H,9-10,12-13H2,1-3H3/t19-/m0/s1. The average molecular weight is 345 g/mol. The molecular weight excluding hydrogens is 321 g/mol. The minimum Gasteiger partial charge on any atom is -0.364 e. The summed E-state index contributed by atoms with van der Waals surface area (Å²) in [6.45, 7) is 2.89. The van der Waals surface area contributed by atoms with Crippen molar-refractivity contribution in [2.45, 2.75) is 31.3 Å². The Morgan fingerprint density at radius 3 is 2.52 bits per heavy atom. The molecule has 134 valence electrons. The number of carbonyl (C=O) groups is 1. The first-order chi connectivity index (χ1) is 12.0. The number of halogens is 1. The Hall–Kier alpha value is -2.21. The maximum absolute atomic E-state index is 14.2. The van der Waals surface area contributed by atoms with E-state index in [2.05, 4.69) is 5.10 Å². The van der Waals surface area contributed by atoms with Gasteiger partial charge in [0.05, 0.1) is 0 Å². The first kappa shape index (κ1) is 17.6. The van der Waals surface area contributed by atoms with Gasteiger partial charge in [-0.2, -0.15) is 5.10 Å². The number of piperidine rings is 1. The van der Waals surface area contributed by atoms with Crippen LogP contribution >= 0.6 is 0 Å². The van der Waals surface area contributed by atoms with E-state index in [-0.39, 0.29) is 11.5 Å². The van der Waals surface area contributed by atoms with Crippen molar-refractivity contribution in [1.29, 1.82) is 0 Å². The van der Waals surface area contributed by atoms with Crippen LogP contribution in [0.2, 0.25) is 0 Å². The molecule has 25 heavy (non-hydrogen) atoms. The van der Waals surface area contributed by atoms with Crippen LogP contribution in [0.5, 0.6) is 0 Å². The molecule has 1 amide bonds. The van der Waals surface area contributed by atoms with Gasteiger partial charge in [-0.25, -0.2) is 4.39 Å². The van der Waals surface area contributed by atoms with Crippen molar-refractivity contribution in [3.63, 3.8) is 0 Å². The second-order valence-electron chi connectivity index (χ2n) is 6.66. The number of carbonyl (C=O) groups excluding carboxylic acids is 1. The summed E-state index contributed by atoms with van der Waals surface area (Å²) in [5, 5.41) is 4.22. The molecule has 1 aromatic carbocycles. The Labute approximate surface area is 147 Å². The second kappa shape index (κ2) is 6.96. The van der Waals surface area contributed by atoms with Gasteiger partial charge >= 0.3 is 0 Å². The fraction of sp³-hybridized carbons (Fsp3) is 0.474. The number of hydrogen-bond donors (Lipinski definition) is 0. The quantitative estimate of drug-likeness (QED) is 0.856. The summed E-state index contributed by atoms with van der Waals surface area (Å²) in [5.74, 6) is -0.229. The molecule has 6 heteroatoms. The second-order valence-corrected chi connectivity index (χ2v) is 6.66. The minimum atomic E-state index is -1.31. The number of amides is 1. The summed E-state index contributed by atoms with van der Waals surface area (Å²) in [6, 6.07) is 8.32. The van der Waals surface area contributed by atoms with E-state index < -0.39 is 11.4 Å². The fourth-order valence-electron chi connectivity index (χ4n) is 3.63. The van der Waals surface area contributed by atoms with Gasteiger partial charge in [0.25, 0.3) is 5.91 Å². The largest absolute Gasteiger partial charge is 0.364 e. The number of hydrogen-bond acceptors (Lipinski definition) is 3. The third-order valence-corrected chi connectivity index (χ3v) is 5.26. The molecule has 1 atom stereocenters. The first-order valence-electron chi connectivity index (χ1n) is 8.55. The van der Waals surface area contributed by atoms with Crippen molar-refractivity contribution in [2.75, 3.05) is 20.2 Å². The molecule has 2 aromatic rings. The lowest BCUT2D eigenvalue weighted by Crippen LogP contribution is -2.49. The molecule has 1 aliphatic rings. The molecule has 0 radical (unpaired) electrons. The number of benzene rings is 1. The Bertz CT molecular complexity index is 753. The van der Waals surface area contributed by atoms with Crippen molar-refractivity contribution in [2.24, 2.45) is 7.05 Å². The molecular formula is C19H24FN3O2. The van der Waals surface area contributed by atoms with E-state index in [0.717, 1.165) is 12.8 Å². The van der Waals surface area contributed by atoms with Crippen LogP contribution in [0.15, 0.2) is 36.5 Å². The summed E-state index contributed by atoms with van der Waals surface area (Å²) < 4.78 is 21.6. The maximum atomic E-state index is 14.2. The van der Waals surface area contributed by atoms with E-state index in [4.69, 9.17) is 4.74 Å². The Morgan fingerprint density at radius 2 is 1.96 bits per heavy atom. The van der Waals surface area contributed by atoms with Gasteiger partial charge in [0.1, 0.15) is 5.82 Å². The molecule has 0 N–H and O–H groups in total. The van der Waals surface area contributed by atoms with Crippen LogP contribution in [-0.2, 0) is 22.2 Å². The number of methoxy groups -OCH3 is 1. The van der Waals surface area contributed by atoms with E-state index in [9.17, 15) is 9.18 Å². The summed E-state index contributed by atoms with van der Waals surface area (Å²) >= 11 is 0. The average Bonchev–Trinajstić information content (AvgIpc) is 3.07. The summed E-state index contributed by atoms with van der Waals surface area (Å²) in [5.41, 5.74) is 0.150. The highest BCUT2D eigenvalue weighted by Gasteiger charge is 2.41. The zero-order valence-electron chi connectivity index (χ0n) is 14.9. The highest BCUT2D eigenvalue weighted by molar-refractivity contribution is 5.86. The lowest BCUT2D eigenvalue weighted by molar-refractivity contribution is -0.155. The summed E-state index contributed by atoms with van der Waals surface area (Å²) in [4.78, 5) is 14.9.